The van der Waals surface area contributed by atoms with Gasteiger partial charge in [0.25, 0.3) is 0 Å². The maximum absolute atomic E-state index is 10.6. The number of aromatic nitrogens is 1. The number of nitrogens with two attached hydrogens (primary N) is 1. The van der Waals surface area contributed by atoms with Gasteiger partial charge in [0.15, 0.2) is 6.29 Å². The van der Waals surface area contributed by atoms with Gasteiger partial charge in [0.05, 0.1) is 12.1 Å². The number of anilines is 1. The van der Waals surface area contributed by atoms with Crippen LogP contribution in [0.3, 0.4) is 0 Å². The SMILES string of the molecule is CN(CC(N)=O)c1ncccc1C=O. The van der Waals surface area contributed by atoms with Crippen LogP contribution in [0.1, 0.15) is 10.4 Å². The third-order valence-corrected chi connectivity index (χ3v) is 1.70. The summed E-state index contributed by atoms with van der Waals surface area (Å²) in [6, 6.07) is 3.29. The minimum absolute atomic E-state index is 0.0395. The zero-order chi connectivity index (χ0) is 10.6. The van der Waals surface area contributed by atoms with Gasteiger partial charge in [-0.15, -0.1) is 0 Å². The zero-order valence-electron chi connectivity index (χ0n) is 7.80. The number of pyridine rings is 1. The van der Waals surface area contributed by atoms with Crippen LogP contribution >= 0.6 is 0 Å². The number of carbonyl (C=O) groups excluding carboxylic acids is 2. The summed E-state index contributed by atoms with van der Waals surface area (Å²) in [5.41, 5.74) is 5.47. The van der Waals surface area contributed by atoms with Crippen molar-refractivity contribution in [3.8, 4) is 0 Å². The summed E-state index contributed by atoms with van der Waals surface area (Å²) in [4.78, 5) is 26.8. The van der Waals surface area contributed by atoms with E-state index in [-0.39, 0.29) is 6.54 Å². The molecule has 5 heteroatoms. The van der Waals surface area contributed by atoms with Crippen molar-refractivity contribution in [2.75, 3.05) is 18.5 Å². The van der Waals surface area contributed by atoms with E-state index in [0.717, 1.165) is 0 Å². The van der Waals surface area contributed by atoms with Crippen LogP contribution in [-0.4, -0.2) is 30.8 Å². The molecule has 1 heterocycles. The largest absolute Gasteiger partial charge is 0.368 e. The maximum Gasteiger partial charge on any atom is 0.236 e. The number of primary amides is 1. The molecule has 2 N–H and O–H groups in total. The van der Waals surface area contributed by atoms with E-state index >= 15 is 0 Å². The van der Waals surface area contributed by atoms with Gasteiger partial charge in [0, 0.05) is 13.2 Å². The molecule has 1 amide bonds. The summed E-state index contributed by atoms with van der Waals surface area (Å²) < 4.78 is 0. The quantitative estimate of drug-likeness (QED) is 0.673. The van der Waals surface area contributed by atoms with E-state index in [4.69, 9.17) is 5.73 Å². The van der Waals surface area contributed by atoms with Crippen molar-refractivity contribution in [2.45, 2.75) is 0 Å². The summed E-state index contributed by atoms with van der Waals surface area (Å²) in [7, 11) is 1.65. The second-order valence-electron chi connectivity index (χ2n) is 2.86. The Morgan fingerprint density at radius 1 is 1.71 bits per heavy atom. The molecule has 0 aliphatic heterocycles. The first-order chi connectivity index (χ1) is 6.65. The van der Waals surface area contributed by atoms with E-state index in [2.05, 4.69) is 4.98 Å². The Balaban J connectivity index is 2.93. The number of hydrogen-bond donors (Lipinski definition) is 1. The summed E-state index contributed by atoms with van der Waals surface area (Å²) in [6.45, 7) is 0.0395. The smallest absolute Gasteiger partial charge is 0.236 e. The highest BCUT2D eigenvalue weighted by atomic mass is 16.1. The first kappa shape index (κ1) is 10.2. The minimum atomic E-state index is -0.463. The van der Waals surface area contributed by atoms with Crippen LogP contribution in [0.25, 0.3) is 0 Å². The molecule has 0 radical (unpaired) electrons. The van der Waals surface area contributed by atoms with E-state index in [1.54, 1.807) is 25.4 Å². The summed E-state index contributed by atoms with van der Waals surface area (Å²) >= 11 is 0. The normalized spacial score (nSPS) is 9.50. The van der Waals surface area contributed by atoms with Gasteiger partial charge < -0.3 is 10.6 Å². The molecule has 1 aromatic heterocycles. The van der Waals surface area contributed by atoms with Crippen LogP contribution in [-0.2, 0) is 4.79 Å². The third kappa shape index (κ3) is 2.29. The molecular weight excluding hydrogens is 182 g/mol. The van der Waals surface area contributed by atoms with Crippen LogP contribution in [0.4, 0.5) is 5.82 Å². The molecule has 0 unspecified atom stereocenters. The van der Waals surface area contributed by atoms with Gasteiger partial charge in [-0.25, -0.2) is 4.98 Å². The molecule has 0 spiro atoms. The lowest BCUT2D eigenvalue weighted by atomic mass is 10.2. The topological polar surface area (TPSA) is 76.3 Å². The number of carbonyl (C=O) groups is 2. The Bertz CT molecular complexity index is 352. The van der Waals surface area contributed by atoms with E-state index in [1.165, 1.54) is 4.90 Å². The van der Waals surface area contributed by atoms with Crippen LogP contribution in [0.5, 0.6) is 0 Å². The van der Waals surface area contributed by atoms with Crippen LogP contribution in [0.2, 0.25) is 0 Å². The highest BCUT2D eigenvalue weighted by Crippen LogP contribution is 2.12. The fourth-order valence-corrected chi connectivity index (χ4v) is 1.13. The Morgan fingerprint density at radius 3 is 3.00 bits per heavy atom. The Labute approximate surface area is 81.5 Å². The van der Waals surface area contributed by atoms with Crippen LogP contribution < -0.4 is 10.6 Å². The van der Waals surface area contributed by atoms with Crippen molar-refractivity contribution in [2.24, 2.45) is 5.73 Å². The highest BCUT2D eigenvalue weighted by Gasteiger charge is 2.09. The van der Waals surface area contributed by atoms with Gasteiger partial charge in [0.2, 0.25) is 5.91 Å². The first-order valence-corrected chi connectivity index (χ1v) is 4.04. The van der Waals surface area contributed by atoms with Crippen molar-refractivity contribution in [3.05, 3.63) is 23.9 Å². The average molecular weight is 193 g/mol. The molecule has 74 valence electrons. The number of hydrogen-bond acceptors (Lipinski definition) is 4. The van der Waals surface area contributed by atoms with Crippen molar-refractivity contribution in [3.63, 3.8) is 0 Å². The fourth-order valence-electron chi connectivity index (χ4n) is 1.13. The Hall–Kier alpha value is -1.91. The van der Waals surface area contributed by atoms with Crippen molar-refractivity contribution in [1.82, 2.24) is 4.98 Å². The lowest BCUT2D eigenvalue weighted by molar-refractivity contribution is -0.116. The fraction of sp³-hybridized carbons (Fsp3) is 0.222. The van der Waals surface area contributed by atoms with E-state index in [0.29, 0.717) is 17.7 Å². The average Bonchev–Trinajstić information content (AvgIpc) is 2.16. The standard InChI is InChI=1S/C9H11N3O2/c1-12(5-8(10)14)9-7(6-13)3-2-4-11-9/h2-4,6H,5H2,1H3,(H2,10,14). The molecule has 5 nitrogen and oxygen atoms in total. The minimum Gasteiger partial charge on any atom is -0.368 e. The van der Waals surface area contributed by atoms with Crippen molar-refractivity contribution >= 4 is 18.0 Å². The van der Waals surface area contributed by atoms with Crippen molar-refractivity contribution < 1.29 is 9.59 Å². The summed E-state index contributed by atoms with van der Waals surface area (Å²) in [6.07, 6.45) is 2.25. The van der Waals surface area contributed by atoms with Gasteiger partial charge >= 0.3 is 0 Å². The molecule has 1 rings (SSSR count). The van der Waals surface area contributed by atoms with E-state index in [9.17, 15) is 9.59 Å². The predicted molar refractivity (Wildman–Crippen MR) is 52.1 cm³/mol. The predicted octanol–water partition coefficient (Wildman–Crippen LogP) is -0.184. The van der Waals surface area contributed by atoms with Crippen LogP contribution in [0.15, 0.2) is 18.3 Å². The Kier molecular flexibility index (Phi) is 3.17. The Morgan fingerprint density at radius 2 is 2.43 bits per heavy atom. The molecule has 0 atom stereocenters. The van der Waals surface area contributed by atoms with Gasteiger partial charge in [-0.05, 0) is 12.1 Å². The molecule has 0 aliphatic carbocycles. The van der Waals surface area contributed by atoms with Gasteiger partial charge in [-0.2, -0.15) is 0 Å². The van der Waals surface area contributed by atoms with Gasteiger partial charge in [-0.1, -0.05) is 0 Å². The van der Waals surface area contributed by atoms with Crippen LogP contribution in [0, 0.1) is 0 Å². The number of nitrogens with zero attached hydrogens (tertiary/aromatic N) is 2. The lowest BCUT2D eigenvalue weighted by Gasteiger charge is -2.16. The molecule has 14 heavy (non-hydrogen) atoms. The maximum atomic E-state index is 10.6. The number of aldehydes is 1. The van der Waals surface area contributed by atoms with E-state index < -0.39 is 5.91 Å². The molecular formula is C9H11N3O2. The van der Waals surface area contributed by atoms with E-state index in [1.807, 2.05) is 0 Å². The van der Waals surface area contributed by atoms with Gasteiger partial charge in [-0.3, -0.25) is 9.59 Å². The summed E-state index contributed by atoms with van der Waals surface area (Å²) in [5, 5.41) is 0. The first-order valence-electron chi connectivity index (χ1n) is 4.04. The number of amides is 1. The molecule has 0 saturated heterocycles. The molecule has 0 aliphatic rings. The van der Waals surface area contributed by atoms with Gasteiger partial charge in [0.1, 0.15) is 5.82 Å². The number of rotatable bonds is 4. The summed E-state index contributed by atoms with van der Waals surface area (Å²) in [5.74, 6) is -0.00342. The second-order valence-corrected chi connectivity index (χ2v) is 2.86. The number of likely N-dealkylation sites (N-methyl/N-ethyl adjacent to an activating group) is 1. The highest BCUT2D eigenvalue weighted by molar-refractivity contribution is 5.85. The molecule has 1 aromatic rings. The lowest BCUT2D eigenvalue weighted by Crippen LogP contribution is -2.31. The monoisotopic (exact) mass is 193 g/mol. The second kappa shape index (κ2) is 4.36. The third-order valence-electron chi connectivity index (χ3n) is 1.70. The molecule has 0 saturated carbocycles. The zero-order valence-corrected chi connectivity index (χ0v) is 7.80. The molecule has 0 bridgehead atoms. The van der Waals surface area contributed by atoms with Crippen molar-refractivity contribution in [1.29, 1.82) is 0 Å². The molecule has 0 aromatic carbocycles. The molecule has 0 fully saturated rings.